The molecule has 11 heteroatoms. The maximum absolute atomic E-state index is 14.2. The molecule has 1 N–H and O–H groups in total. The van der Waals surface area contributed by atoms with Gasteiger partial charge in [0.15, 0.2) is 0 Å². The maximum Gasteiger partial charge on any atom is 0.258 e. The van der Waals surface area contributed by atoms with Crippen molar-refractivity contribution in [1.29, 1.82) is 0 Å². The Bertz CT molecular complexity index is 1680. The van der Waals surface area contributed by atoms with Crippen LogP contribution in [0, 0.1) is 11.6 Å². The molecule has 5 rings (SSSR count). The summed E-state index contributed by atoms with van der Waals surface area (Å²) >= 11 is 0. The quantitative estimate of drug-likeness (QED) is 0.381. The summed E-state index contributed by atoms with van der Waals surface area (Å²) in [6.45, 7) is 0.574. The van der Waals surface area contributed by atoms with Crippen LogP contribution in [-0.4, -0.2) is 49.4 Å². The molecule has 1 saturated heterocycles. The Morgan fingerprint density at radius 2 is 1.49 bits per heavy atom. The first-order chi connectivity index (χ1) is 18.7. The van der Waals surface area contributed by atoms with Crippen LogP contribution in [0.25, 0.3) is 10.8 Å². The highest BCUT2D eigenvalue weighted by molar-refractivity contribution is 7.89. The number of pyridine rings is 1. The number of para-hydroxylation sites is 1. The molecule has 0 saturated carbocycles. The summed E-state index contributed by atoms with van der Waals surface area (Å²) in [6, 6.07) is 18.4. The van der Waals surface area contributed by atoms with Crippen molar-refractivity contribution >= 4 is 32.4 Å². The number of anilines is 1. The standard InChI is InChI=1S/C28H26F2N4O4S/c29-21-11-9-20(10-12-21)17-31-27(35)19-33-18-26(22-5-1-2-6-23(22)28(33)36)39(37,38)34-15-13-32(14-16-34)25-8-4-3-7-24(25)30/h1-12,18H,13-17,19H2,(H,31,35). The number of carbonyl (C=O) groups is 1. The summed E-state index contributed by atoms with van der Waals surface area (Å²) in [5.41, 5.74) is 0.597. The molecule has 0 bridgehead atoms. The Kier molecular flexibility index (Phi) is 7.45. The summed E-state index contributed by atoms with van der Waals surface area (Å²) in [6.07, 6.45) is 1.21. The largest absolute Gasteiger partial charge is 0.367 e. The van der Waals surface area contributed by atoms with Gasteiger partial charge in [0.05, 0.1) is 5.69 Å². The maximum atomic E-state index is 14.2. The van der Waals surface area contributed by atoms with Crippen LogP contribution in [0.2, 0.25) is 0 Å². The Morgan fingerprint density at radius 3 is 2.18 bits per heavy atom. The molecule has 0 atom stereocenters. The minimum atomic E-state index is -4.05. The molecular weight excluding hydrogens is 526 g/mol. The number of halogens is 2. The van der Waals surface area contributed by atoms with Crippen LogP contribution < -0.4 is 15.8 Å². The van der Waals surface area contributed by atoms with Crippen molar-refractivity contribution in [2.45, 2.75) is 18.0 Å². The highest BCUT2D eigenvalue weighted by Gasteiger charge is 2.31. The number of carbonyl (C=O) groups excluding carboxylic acids is 1. The second-order valence-corrected chi connectivity index (χ2v) is 11.1. The number of amides is 1. The first-order valence-corrected chi connectivity index (χ1v) is 13.8. The van der Waals surface area contributed by atoms with Crippen molar-refractivity contribution in [3.8, 4) is 0 Å². The molecule has 2 heterocycles. The van der Waals surface area contributed by atoms with E-state index in [-0.39, 0.29) is 41.1 Å². The van der Waals surface area contributed by atoms with E-state index in [1.165, 1.54) is 46.9 Å². The smallest absolute Gasteiger partial charge is 0.258 e. The van der Waals surface area contributed by atoms with Gasteiger partial charge in [-0.25, -0.2) is 17.2 Å². The third-order valence-corrected chi connectivity index (χ3v) is 8.65. The molecule has 0 unspecified atom stereocenters. The first-order valence-electron chi connectivity index (χ1n) is 12.4. The number of hydrogen-bond donors (Lipinski definition) is 1. The lowest BCUT2D eigenvalue weighted by Gasteiger charge is -2.35. The molecule has 1 aliphatic heterocycles. The van der Waals surface area contributed by atoms with Gasteiger partial charge in [-0.05, 0) is 35.9 Å². The fraction of sp³-hybridized carbons (Fsp3) is 0.214. The number of nitrogens with zero attached hydrogens (tertiary/aromatic N) is 3. The average Bonchev–Trinajstić information content (AvgIpc) is 2.94. The summed E-state index contributed by atoms with van der Waals surface area (Å²) in [7, 11) is -4.05. The third kappa shape index (κ3) is 5.55. The van der Waals surface area contributed by atoms with Gasteiger partial charge < -0.3 is 14.8 Å². The van der Waals surface area contributed by atoms with E-state index >= 15 is 0 Å². The molecule has 0 aliphatic carbocycles. The number of fused-ring (bicyclic) bond motifs is 1. The lowest BCUT2D eigenvalue weighted by Crippen LogP contribution is -2.49. The monoisotopic (exact) mass is 552 g/mol. The van der Waals surface area contributed by atoms with Gasteiger partial charge in [-0.15, -0.1) is 0 Å². The van der Waals surface area contributed by atoms with Gasteiger partial charge >= 0.3 is 0 Å². The number of sulfonamides is 1. The Hall–Kier alpha value is -4.09. The van der Waals surface area contributed by atoms with Crippen LogP contribution in [0.3, 0.4) is 0 Å². The lowest BCUT2D eigenvalue weighted by atomic mass is 10.2. The van der Waals surface area contributed by atoms with Crippen LogP contribution >= 0.6 is 0 Å². The molecule has 3 aromatic carbocycles. The number of hydrogen-bond acceptors (Lipinski definition) is 5. The normalized spacial score (nSPS) is 14.5. The second-order valence-electron chi connectivity index (χ2n) is 9.22. The van der Waals surface area contributed by atoms with Crippen LogP contribution in [0.5, 0.6) is 0 Å². The molecule has 1 aliphatic rings. The Morgan fingerprint density at radius 1 is 0.846 bits per heavy atom. The molecule has 1 amide bonds. The number of nitrogens with one attached hydrogen (secondary N) is 1. The SMILES string of the molecule is O=C(Cn1cc(S(=O)(=O)N2CCN(c3ccccc3F)CC2)c2ccccc2c1=O)NCc1ccc(F)cc1. The van der Waals surface area contributed by atoms with Crippen molar-refractivity contribution in [2.75, 3.05) is 31.1 Å². The van der Waals surface area contributed by atoms with E-state index in [1.54, 1.807) is 41.3 Å². The van der Waals surface area contributed by atoms with E-state index in [0.717, 1.165) is 4.57 Å². The van der Waals surface area contributed by atoms with Crippen molar-refractivity contribution in [2.24, 2.45) is 0 Å². The molecule has 39 heavy (non-hydrogen) atoms. The summed E-state index contributed by atoms with van der Waals surface area (Å²) < 4.78 is 57.4. The van der Waals surface area contributed by atoms with Gasteiger partial charge in [-0.3, -0.25) is 9.59 Å². The Labute approximate surface area is 224 Å². The van der Waals surface area contributed by atoms with Gasteiger partial charge in [-0.2, -0.15) is 4.31 Å². The van der Waals surface area contributed by atoms with E-state index in [1.807, 2.05) is 0 Å². The van der Waals surface area contributed by atoms with E-state index in [9.17, 15) is 26.8 Å². The lowest BCUT2D eigenvalue weighted by molar-refractivity contribution is -0.121. The zero-order valence-corrected chi connectivity index (χ0v) is 21.7. The van der Waals surface area contributed by atoms with E-state index in [2.05, 4.69) is 5.32 Å². The molecule has 4 aromatic rings. The van der Waals surface area contributed by atoms with Gasteiger partial charge in [0.1, 0.15) is 23.1 Å². The minimum Gasteiger partial charge on any atom is -0.367 e. The van der Waals surface area contributed by atoms with Crippen LogP contribution in [0.4, 0.5) is 14.5 Å². The number of aromatic nitrogens is 1. The zero-order valence-electron chi connectivity index (χ0n) is 20.9. The van der Waals surface area contributed by atoms with Gasteiger partial charge in [0, 0.05) is 49.7 Å². The van der Waals surface area contributed by atoms with Crippen LogP contribution in [0.15, 0.2) is 88.7 Å². The number of benzene rings is 3. The first kappa shape index (κ1) is 26.5. The zero-order chi connectivity index (χ0) is 27.6. The topological polar surface area (TPSA) is 91.7 Å². The van der Waals surface area contributed by atoms with Crippen LogP contribution in [0.1, 0.15) is 5.56 Å². The van der Waals surface area contributed by atoms with Gasteiger partial charge in [-0.1, -0.05) is 42.5 Å². The highest BCUT2D eigenvalue weighted by atomic mass is 32.2. The molecule has 0 spiro atoms. The predicted octanol–water partition coefficient (Wildman–Crippen LogP) is 3.11. The fourth-order valence-electron chi connectivity index (χ4n) is 4.66. The highest BCUT2D eigenvalue weighted by Crippen LogP contribution is 2.26. The fourth-order valence-corrected chi connectivity index (χ4v) is 6.30. The molecular formula is C28H26F2N4O4S. The van der Waals surface area contributed by atoms with Gasteiger partial charge in [0.25, 0.3) is 5.56 Å². The average molecular weight is 553 g/mol. The van der Waals surface area contributed by atoms with Crippen molar-refractivity contribution in [3.63, 3.8) is 0 Å². The summed E-state index contributed by atoms with van der Waals surface area (Å²) in [4.78, 5) is 27.5. The molecule has 1 fully saturated rings. The molecule has 8 nitrogen and oxygen atoms in total. The van der Waals surface area contributed by atoms with Gasteiger partial charge in [0.2, 0.25) is 15.9 Å². The van der Waals surface area contributed by atoms with E-state index in [0.29, 0.717) is 24.3 Å². The molecule has 202 valence electrons. The molecule has 0 radical (unpaired) electrons. The van der Waals surface area contributed by atoms with Crippen LogP contribution in [-0.2, 0) is 27.9 Å². The summed E-state index contributed by atoms with van der Waals surface area (Å²) in [5.74, 6) is -1.27. The van der Waals surface area contributed by atoms with Crippen molar-refractivity contribution in [3.05, 3.63) is 107 Å². The number of rotatable bonds is 7. The third-order valence-electron chi connectivity index (χ3n) is 6.72. The Balaban J connectivity index is 1.39. The second kappa shape index (κ2) is 11.0. The van der Waals surface area contributed by atoms with E-state index < -0.39 is 33.9 Å². The summed E-state index contributed by atoms with van der Waals surface area (Å²) in [5, 5.41) is 3.11. The van der Waals surface area contributed by atoms with Crippen molar-refractivity contribution in [1.82, 2.24) is 14.2 Å². The predicted molar refractivity (Wildman–Crippen MR) is 144 cm³/mol. The van der Waals surface area contributed by atoms with Crippen molar-refractivity contribution < 1.29 is 22.0 Å². The molecule has 1 aromatic heterocycles. The number of piperazine rings is 1. The van der Waals surface area contributed by atoms with E-state index in [4.69, 9.17) is 0 Å². The minimum absolute atomic E-state index is 0.0802.